The van der Waals surface area contributed by atoms with Gasteiger partial charge in [0.2, 0.25) is 0 Å². The molecule has 22 heavy (non-hydrogen) atoms. The van der Waals surface area contributed by atoms with E-state index in [-0.39, 0.29) is 9.23 Å². The fourth-order valence-corrected chi connectivity index (χ4v) is 3.24. The highest BCUT2D eigenvalue weighted by molar-refractivity contribution is 8.26. The Morgan fingerprint density at radius 2 is 1.91 bits per heavy atom. The summed E-state index contributed by atoms with van der Waals surface area (Å²) in [6, 6.07) is 7.24. The van der Waals surface area contributed by atoms with Crippen LogP contribution >= 0.6 is 24.0 Å². The summed E-state index contributed by atoms with van der Waals surface area (Å²) < 4.78 is -0.0253. The molecule has 1 aliphatic heterocycles. The molecule has 1 fully saturated rings. The van der Waals surface area contributed by atoms with Gasteiger partial charge in [-0.15, -0.1) is 0 Å². The summed E-state index contributed by atoms with van der Waals surface area (Å²) in [5.74, 6) is -3.95. The summed E-state index contributed by atoms with van der Waals surface area (Å²) in [4.78, 5) is 35.0. The zero-order valence-corrected chi connectivity index (χ0v) is 12.7. The molecule has 0 saturated carbocycles. The molecule has 0 N–H and O–H groups in total. The Labute approximate surface area is 135 Å². The van der Waals surface area contributed by atoms with Gasteiger partial charge in [-0.25, -0.2) is 0 Å². The van der Waals surface area contributed by atoms with Gasteiger partial charge in [-0.3, -0.25) is 9.69 Å². The van der Waals surface area contributed by atoms with Crippen molar-refractivity contribution in [1.82, 2.24) is 4.90 Å². The maximum Gasteiger partial charge on any atom is 0.266 e. The largest absolute Gasteiger partial charge is 0.550 e. The number of hydrogen-bond acceptors (Lipinski definition) is 7. The molecule has 1 amide bonds. The molecule has 0 unspecified atom stereocenters. The van der Waals surface area contributed by atoms with Crippen molar-refractivity contribution >= 4 is 52.2 Å². The van der Waals surface area contributed by atoms with Gasteiger partial charge in [0.15, 0.2) is 0 Å². The Kier molecular flexibility index (Phi) is 4.94. The molecule has 1 saturated heterocycles. The van der Waals surface area contributed by atoms with Gasteiger partial charge in [-0.2, -0.15) is 0 Å². The SMILES string of the molecule is O=C([O-])C[C@H](C(=O)[O-])N1C(=O)/C(=C\c2ccccc2)SC1=S. The molecule has 114 valence electrons. The Bertz CT molecular complexity index is 671. The molecule has 2 rings (SSSR count). The van der Waals surface area contributed by atoms with E-state index >= 15 is 0 Å². The predicted octanol–water partition coefficient (Wildman–Crippen LogP) is -0.854. The molecule has 8 heteroatoms. The number of carbonyl (C=O) groups is 3. The van der Waals surface area contributed by atoms with Crippen molar-refractivity contribution in [2.45, 2.75) is 12.5 Å². The third-order valence-corrected chi connectivity index (χ3v) is 4.20. The topological polar surface area (TPSA) is 101 Å². The minimum absolute atomic E-state index is 0.0253. The first kappa shape index (κ1) is 16.2. The molecule has 1 heterocycles. The third-order valence-electron chi connectivity index (χ3n) is 2.86. The molecule has 1 aromatic carbocycles. The molecule has 0 aromatic heterocycles. The first-order chi connectivity index (χ1) is 10.4. The van der Waals surface area contributed by atoms with Gasteiger partial charge >= 0.3 is 0 Å². The minimum Gasteiger partial charge on any atom is -0.550 e. The monoisotopic (exact) mass is 335 g/mol. The number of rotatable bonds is 5. The molecule has 6 nitrogen and oxygen atoms in total. The Morgan fingerprint density at radius 1 is 1.27 bits per heavy atom. The van der Waals surface area contributed by atoms with Crippen LogP contribution in [0.3, 0.4) is 0 Å². The zero-order chi connectivity index (χ0) is 16.3. The molecule has 0 spiro atoms. The molecular weight excluding hydrogens is 326 g/mol. The molecule has 1 aromatic rings. The summed E-state index contributed by atoms with van der Waals surface area (Å²) in [5, 5.41) is 21.7. The fourth-order valence-electron chi connectivity index (χ4n) is 1.89. The Hall–Kier alpha value is -2.19. The van der Waals surface area contributed by atoms with Crippen LogP contribution in [-0.2, 0) is 14.4 Å². The summed E-state index contributed by atoms with van der Waals surface area (Å²) in [7, 11) is 0. The van der Waals surface area contributed by atoms with Crippen LogP contribution in [0.4, 0.5) is 0 Å². The van der Waals surface area contributed by atoms with Gasteiger partial charge in [-0.1, -0.05) is 54.3 Å². The van der Waals surface area contributed by atoms with Crippen LogP contribution in [-0.4, -0.2) is 33.1 Å². The fraction of sp³-hybridized carbons (Fsp3) is 0.143. The van der Waals surface area contributed by atoms with Crippen LogP contribution in [0, 0.1) is 0 Å². The second-order valence-electron chi connectivity index (χ2n) is 4.37. The number of carbonyl (C=O) groups excluding carboxylic acids is 3. The van der Waals surface area contributed by atoms with Crippen molar-refractivity contribution in [3.63, 3.8) is 0 Å². The van der Waals surface area contributed by atoms with Crippen LogP contribution in [0.2, 0.25) is 0 Å². The van der Waals surface area contributed by atoms with Crippen LogP contribution in [0.5, 0.6) is 0 Å². The first-order valence-corrected chi connectivity index (χ1v) is 7.35. The number of nitrogens with zero attached hydrogens (tertiary/aromatic N) is 1. The van der Waals surface area contributed by atoms with Crippen molar-refractivity contribution in [3.05, 3.63) is 40.8 Å². The number of thioether (sulfide) groups is 1. The van der Waals surface area contributed by atoms with Crippen molar-refractivity contribution < 1.29 is 24.6 Å². The Morgan fingerprint density at radius 3 is 2.45 bits per heavy atom. The molecule has 0 bridgehead atoms. The smallest absolute Gasteiger partial charge is 0.266 e. The van der Waals surface area contributed by atoms with E-state index in [9.17, 15) is 24.6 Å². The van der Waals surface area contributed by atoms with E-state index in [4.69, 9.17) is 12.2 Å². The number of thiocarbonyl (C=S) groups is 1. The predicted molar refractivity (Wildman–Crippen MR) is 79.9 cm³/mol. The maximum atomic E-state index is 12.3. The van der Waals surface area contributed by atoms with Gasteiger partial charge in [0.05, 0.1) is 16.9 Å². The van der Waals surface area contributed by atoms with E-state index in [2.05, 4.69) is 0 Å². The lowest BCUT2D eigenvalue weighted by Gasteiger charge is -2.27. The van der Waals surface area contributed by atoms with Gasteiger partial charge in [0, 0.05) is 12.4 Å². The van der Waals surface area contributed by atoms with Crippen LogP contribution in [0.15, 0.2) is 35.2 Å². The number of amides is 1. The maximum absolute atomic E-state index is 12.3. The van der Waals surface area contributed by atoms with Crippen molar-refractivity contribution in [1.29, 1.82) is 0 Å². The molecule has 1 atom stereocenters. The van der Waals surface area contributed by atoms with Crippen molar-refractivity contribution in [2.24, 2.45) is 0 Å². The number of hydrogen-bond donors (Lipinski definition) is 0. The standard InChI is InChI=1S/C14H11NO5S2/c16-11(17)7-9(13(19)20)15-12(18)10(22-14(15)21)6-8-4-2-1-3-5-8/h1-6,9H,7H2,(H,16,17)(H,19,20)/p-2/b10-6+/t9-/m1/s1. The minimum atomic E-state index is -1.69. The molecule has 1 aliphatic rings. The second kappa shape index (κ2) is 6.71. The van der Waals surface area contributed by atoms with E-state index in [1.807, 2.05) is 6.07 Å². The lowest BCUT2D eigenvalue weighted by atomic mass is 10.1. The van der Waals surface area contributed by atoms with Crippen LogP contribution in [0.25, 0.3) is 6.08 Å². The lowest BCUT2D eigenvalue weighted by molar-refractivity contribution is -0.319. The van der Waals surface area contributed by atoms with Gasteiger partial charge < -0.3 is 19.8 Å². The zero-order valence-electron chi connectivity index (χ0n) is 11.1. The van der Waals surface area contributed by atoms with Gasteiger partial charge in [0.1, 0.15) is 4.32 Å². The van der Waals surface area contributed by atoms with Crippen molar-refractivity contribution in [2.75, 3.05) is 0 Å². The average molecular weight is 335 g/mol. The van der Waals surface area contributed by atoms with E-state index in [0.29, 0.717) is 0 Å². The summed E-state index contributed by atoms with van der Waals surface area (Å²) in [5.41, 5.74) is 0.743. The van der Waals surface area contributed by atoms with Crippen LogP contribution in [0.1, 0.15) is 12.0 Å². The molecule has 0 radical (unpaired) electrons. The van der Waals surface area contributed by atoms with Gasteiger partial charge in [0.25, 0.3) is 5.91 Å². The highest BCUT2D eigenvalue weighted by Gasteiger charge is 2.37. The van der Waals surface area contributed by atoms with Crippen molar-refractivity contribution in [3.8, 4) is 0 Å². The summed E-state index contributed by atoms with van der Waals surface area (Å²) in [6.07, 6.45) is 0.679. The van der Waals surface area contributed by atoms with E-state index in [0.717, 1.165) is 22.2 Å². The lowest BCUT2D eigenvalue weighted by Crippen LogP contribution is -2.52. The summed E-state index contributed by atoms with van der Waals surface area (Å²) in [6.45, 7) is 0. The highest BCUT2D eigenvalue weighted by atomic mass is 32.2. The number of carboxylic acid groups (broad SMARTS) is 2. The number of carboxylic acids is 2. The van der Waals surface area contributed by atoms with Gasteiger partial charge in [-0.05, 0) is 11.6 Å². The molecule has 0 aliphatic carbocycles. The Balaban J connectivity index is 2.30. The second-order valence-corrected chi connectivity index (χ2v) is 6.05. The highest BCUT2D eigenvalue weighted by Crippen LogP contribution is 2.34. The molecular formula is C14H9NO5S2-2. The number of benzene rings is 1. The van der Waals surface area contributed by atoms with E-state index in [1.54, 1.807) is 30.3 Å². The summed E-state index contributed by atoms with van der Waals surface area (Å²) >= 11 is 5.90. The normalized spacial score (nSPS) is 17.8. The first-order valence-electron chi connectivity index (χ1n) is 6.13. The quantitative estimate of drug-likeness (QED) is 0.510. The number of aliphatic carboxylic acids is 2. The van der Waals surface area contributed by atoms with Crippen LogP contribution < -0.4 is 10.2 Å². The third kappa shape index (κ3) is 3.52. The van der Waals surface area contributed by atoms with E-state index in [1.165, 1.54) is 0 Å². The average Bonchev–Trinajstić information content (AvgIpc) is 2.72. The van der Waals surface area contributed by atoms with E-state index < -0.39 is 30.3 Å².